The van der Waals surface area contributed by atoms with Crippen molar-refractivity contribution in [2.75, 3.05) is 5.32 Å². The average molecular weight is 311 g/mol. The monoisotopic (exact) mass is 311 g/mol. The lowest BCUT2D eigenvalue weighted by atomic mass is 10.1. The standard InChI is InChI=1S/C16H17N5O2/c1-4-21-14(7-9(2)20-21)15(23)19-16-17-12-6-5-11(10(3)22)8-13(12)18-16/h5-8H,4H2,1-3H3,(H2,17,18,19,23). The summed E-state index contributed by atoms with van der Waals surface area (Å²) in [7, 11) is 0. The maximum Gasteiger partial charge on any atom is 0.276 e. The van der Waals surface area contributed by atoms with E-state index in [1.807, 2.05) is 13.8 Å². The maximum atomic E-state index is 12.4. The van der Waals surface area contributed by atoms with E-state index < -0.39 is 0 Å². The number of aromatic nitrogens is 4. The fourth-order valence-corrected chi connectivity index (χ4v) is 2.43. The lowest BCUT2D eigenvalue weighted by Crippen LogP contribution is -2.18. The van der Waals surface area contributed by atoms with Gasteiger partial charge in [-0.1, -0.05) is 0 Å². The Hall–Kier alpha value is -2.96. The topological polar surface area (TPSA) is 92.7 Å². The first-order chi connectivity index (χ1) is 11.0. The number of fused-ring (bicyclic) bond motifs is 1. The van der Waals surface area contributed by atoms with Crippen molar-refractivity contribution in [2.24, 2.45) is 0 Å². The highest BCUT2D eigenvalue weighted by Crippen LogP contribution is 2.17. The highest BCUT2D eigenvalue weighted by molar-refractivity contribution is 6.03. The number of carbonyl (C=O) groups excluding carboxylic acids is 2. The Kier molecular flexibility index (Phi) is 3.69. The van der Waals surface area contributed by atoms with Crippen molar-refractivity contribution in [1.82, 2.24) is 19.7 Å². The van der Waals surface area contributed by atoms with E-state index in [2.05, 4.69) is 20.4 Å². The molecule has 0 spiro atoms. The van der Waals surface area contributed by atoms with Crippen LogP contribution < -0.4 is 5.32 Å². The number of Topliss-reactive ketones (excluding diaryl/α,β-unsaturated/α-hetero) is 1. The number of aromatic amines is 1. The van der Waals surface area contributed by atoms with E-state index in [9.17, 15) is 9.59 Å². The number of benzene rings is 1. The van der Waals surface area contributed by atoms with Gasteiger partial charge in [-0.25, -0.2) is 4.98 Å². The highest BCUT2D eigenvalue weighted by Gasteiger charge is 2.15. The molecule has 0 saturated carbocycles. The third-order valence-corrected chi connectivity index (χ3v) is 3.55. The Bertz CT molecular complexity index is 906. The van der Waals surface area contributed by atoms with Crippen molar-refractivity contribution in [1.29, 1.82) is 0 Å². The number of ketones is 1. The molecule has 2 N–H and O–H groups in total. The second-order valence-electron chi connectivity index (χ2n) is 5.31. The van der Waals surface area contributed by atoms with Crippen LogP contribution in [0.15, 0.2) is 24.3 Å². The molecule has 0 aliphatic heterocycles. The number of anilines is 1. The number of nitrogens with one attached hydrogen (secondary N) is 2. The molecule has 0 fully saturated rings. The summed E-state index contributed by atoms with van der Waals surface area (Å²) in [6.45, 7) is 5.88. The summed E-state index contributed by atoms with van der Waals surface area (Å²) >= 11 is 0. The number of hydrogen-bond acceptors (Lipinski definition) is 4. The van der Waals surface area contributed by atoms with Crippen molar-refractivity contribution in [2.45, 2.75) is 27.3 Å². The Balaban J connectivity index is 1.88. The summed E-state index contributed by atoms with van der Waals surface area (Å²) in [5, 5.41) is 6.99. The normalized spacial score (nSPS) is 10.9. The minimum absolute atomic E-state index is 0.0191. The minimum Gasteiger partial charge on any atom is -0.324 e. The largest absolute Gasteiger partial charge is 0.324 e. The number of H-pyrrole nitrogens is 1. The number of amides is 1. The van der Waals surface area contributed by atoms with E-state index in [1.54, 1.807) is 28.9 Å². The summed E-state index contributed by atoms with van der Waals surface area (Å²) in [6.07, 6.45) is 0. The van der Waals surface area contributed by atoms with Crippen LogP contribution in [0.5, 0.6) is 0 Å². The number of rotatable bonds is 4. The van der Waals surface area contributed by atoms with E-state index in [1.165, 1.54) is 6.92 Å². The van der Waals surface area contributed by atoms with Gasteiger partial charge in [0.05, 0.1) is 16.7 Å². The molecule has 0 radical (unpaired) electrons. The molecule has 0 unspecified atom stereocenters. The summed E-state index contributed by atoms with van der Waals surface area (Å²) < 4.78 is 1.64. The van der Waals surface area contributed by atoms with Gasteiger partial charge in [-0.05, 0) is 45.0 Å². The molecule has 2 heterocycles. The first-order valence-electron chi connectivity index (χ1n) is 7.34. The van der Waals surface area contributed by atoms with Crippen LogP contribution in [0.1, 0.15) is 40.4 Å². The van der Waals surface area contributed by atoms with Crippen molar-refractivity contribution >= 4 is 28.7 Å². The molecule has 7 heteroatoms. The molecular weight excluding hydrogens is 294 g/mol. The van der Waals surface area contributed by atoms with Crippen LogP contribution in [0.25, 0.3) is 11.0 Å². The molecule has 0 atom stereocenters. The van der Waals surface area contributed by atoms with Crippen molar-refractivity contribution in [3.63, 3.8) is 0 Å². The quantitative estimate of drug-likeness (QED) is 0.724. The number of aryl methyl sites for hydroxylation is 2. The molecular formula is C16H17N5O2. The summed E-state index contributed by atoms with van der Waals surface area (Å²) in [5.41, 5.74) is 3.25. The first kappa shape index (κ1) is 15.0. The Morgan fingerprint density at radius 3 is 2.78 bits per heavy atom. The first-order valence-corrected chi connectivity index (χ1v) is 7.34. The van der Waals surface area contributed by atoms with Crippen LogP contribution in [0, 0.1) is 6.92 Å². The molecule has 2 aromatic heterocycles. The number of carbonyl (C=O) groups is 2. The average Bonchev–Trinajstić information content (AvgIpc) is 3.08. The summed E-state index contributed by atoms with van der Waals surface area (Å²) in [5.74, 6) is 0.0416. The third-order valence-electron chi connectivity index (χ3n) is 3.55. The van der Waals surface area contributed by atoms with Crippen molar-refractivity contribution < 1.29 is 9.59 Å². The second kappa shape index (κ2) is 5.68. The van der Waals surface area contributed by atoms with Gasteiger partial charge in [0.15, 0.2) is 5.78 Å². The number of imidazole rings is 1. The van der Waals surface area contributed by atoms with Crippen LogP contribution in [-0.2, 0) is 6.54 Å². The van der Waals surface area contributed by atoms with Crippen LogP contribution in [-0.4, -0.2) is 31.4 Å². The molecule has 118 valence electrons. The SMILES string of the molecule is CCn1nc(C)cc1C(=O)Nc1nc2ccc(C(C)=O)cc2[nH]1. The molecule has 0 bridgehead atoms. The third kappa shape index (κ3) is 2.85. The van der Waals surface area contributed by atoms with Crippen LogP contribution in [0.3, 0.4) is 0 Å². The predicted octanol–water partition coefficient (Wildman–Crippen LogP) is 2.54. The second-order valence-corrected chi connectivity index (χ2v) is 5.31. The number of nitrogens with zero attached hydrogens (tertiary/aromatic N) is 3. The van der Waals surface area contributed by atoms with Gasteiger partial charge in [0.25, 0.3) is 5.91 Å². The fourth-order valence-electron chi connectivity index (χ4n) is 2.43. The van der Waals surface area contributed by atoms with Crippen LogP contribution in [0.4, 0.5) is 5.95 Å². The van der Waals surface area contributed by atoms with Gasteiger partial charge < -0.3 is 4.98 Å². The molecule has 23 heavy (non-hydrogen) atoms. The smallest absolute Gasteiger partial charge is 0.276 e. The molecule has 0 saturated heterocycles. The minimum atomic E-state index is -0.279. The van der Waals surface area contributed by atoms with Gasteiger partial charge in [-0.2, -0.15) is 5.10 Å². The summed E-state index contributed by atoms with van der Waals surface area (Å²) in [6, 6.07) is 6.92. The van der Waals surface area contributed by atoms with E-state index in [4.69, 9.17) is 0 Å². The molecule has 3 aromatic rings. The molecule has 0 aliphatic carbocycles. The predicted molar refractivity (Wildman–Crippen MR) is 86.7 cm³/mol. The Morgan fingerprint density at radius 2 is 2.09 bits per heavy atom. The van der Waals surface area contributed by atoms with E-state index in [-0.39, 0.29) is 11.7 Å². The Morgan fingerprint density at radius 1 is 1.30 bits per heavy atom. The van der Waals surface area contributed by atoms with E-state index in [0.29, 0.717) is 34.8 Å². The van der Waals surface area contributed by atoms with Gasteiger partial charge in [0.2, 0.25) is 5.95 Å². The van der Waals surface area contributed by atoms with E-state index >= 15 is 0 Å². The summed E-state index contributed by atoms with van der Waals surface area (Å²) in [4.78, 5) is 31.1. The molecule has 1 aromatic carbocycles. The fraction of sp³-hybridized carbons (Fsp3) is 0.250. The lowest BCUT2D eigenvalue weighted by Gasteiger charge is -2.03. The van der Waals surface area contributed by atoms with Crippen LogP contribution in [0.2, 0.25) is 0 Å². The zero-order valence-electron chi connectivity index (χ0n) is 13.2. The lowest BCUT2D eigenvalue weighted by molar-refractivity contribution is 0.100. The maximum absolute atomic E-state index is 12.4. The van der Waals surface area contributed by atoms with Gasteiger partial charge in [0, 0.05) is 12.1 Å². The molecule has 1 amide bonds. The van der Waals surface area contributed by atoms with Gasteiger partial charge in [-0.15, -0.1) is 0 Å². The van der Waals surface area contributed by atoms with Crippen LogP contribution >= 0.6 is 0 Å². The molecule has 7 nitrogen and oxygen atoms in total. The number of hydrogen-bond donors (Lipinski definition) is 2. The zero-order valence-corrected chi connectivity index (χ0v) is 13.2. The van der Waals surface area contributed by atoms with Gasteiger partial charge in [0.1, 0.15) is 5.69 Å². The van der Waals surface area contributed by atoms with Crippen molar-refractivity contribution in [3.8, 4) is 0 Å². The molecule has 0 aliphatic rings. The van der Waals surface area contributed by atoms with Gasteiger partial charge in [-0.3, -0.25) is 19.6 Å². The Labute approximate surface area is 132 Å². The highest BCUT2D eigenvalue weighted by atomic mass is 16.2. The van der Waals surface area contributed by atoms with Gasteiger partial charge >= 0.3 is 0 Å². The zero-order chi connectivity index (χ0) is 16.6. The molecule has 3 rings (SSSR count). The van der Waals surface area contributed by atoms with E-state index in [0.717, 1.165) is 5.69 Å². The van der Waals surface area contributed by atoms with Crippen molar-refractivity contribution in [3.05, 3.63) is 41.2 Å².